The standard InChI is InChI=1S/C32H34N2O6/c1-3-33(4-2)15-16-34-29(23-11-8-12-25(19-23)40-21-22-9-6-5-7-10-22)28(31(36)32(34)37)30(35)24-13-14-26-27(20-24)39-18-17-38-26/h5-14,19-20,29,35H,3-4,15-18,21H2,1-2H3. The molecule has 1 N–H and O–H groups in total. The van der Waals surface area contributed by atoms with Crippen LogP contribution in [0.1, 0.15) is 36.6 Å². The highest BCUT2D eigenvalue weighted by Gasteiger charge is 2.44. The van der Waals surface area contributed by atoms with Gasteiger partial charge in [-0.15, -0.1) is 0 Å². The molecule has 2 aliphatic heterocycles. The molecule has 1 unspecified atom stereocenters. The van der Waals surface area contributed by atoms with Crippen LogP contribution in [-0.2, 0) is 16.2 Å². The van der Waals surface area contributed by atoms with Gasteiger partial charge in [0.05, 0.1) is 32.2 Å². The van der Waals surface area contributed by atoms with Crippen molar-refractivity contribution in [2.45, 2.75) is 26.5 Å². The zero-order chi connectivity index (χ0) is 28.1. The van der Waals surface area contributed by atoms with Gasteiger partial charge in [0.1, 0.15) is 25.6 Å². The van der Waals surface area contributed by atoms with E-state index >= 15 is 0 Å². The molecule has 3 aromatic carbocycles. The summed E-state index contributed by atoms with van der Waals surface area (Å²) in [4.78, 5) is 29.6. The van der Waals surface area contributed by atoms with Crippen LogP contribution in [0.3, 0.4) is 0 Å². The highest BCUT2D eigenvalue weighted by Crippen LogP contribution is 2.40. The second kappa shape index (κ2) is 12.3. The molecule has 0 radical (unpaired) electrons. The predicted octanol–water partition coefficient (Wildman–Crippen LogP) is 2.19. The Morgan fingerprint density at radius 1 is 0.950 bits per heavy atom. The van der Waals surface area contributed by atoms with Crippen molar-refractivity contribution in [3.05, 3.63) is 95.1 Å². The third-order valence-electron chi connectivity index (χ3n) is 7.46. The number of quaternary nitrogens is 1. The second-order valence-electron chi connectivity index (χ2n) is 9.89. The van der Waals surface area contributed by atoms with Gasteiger partial charge in [0.25, 0.3) is 5.91 Å². The SMILES string of the molecule is CC[NH+](CC)CCN1C(=O)C(=O)C(=C([O-])c2ccc3c(c2)OCCO3)C1c1cccc(OCc2ccccc2)c1. The topological polar surface area (TPSA) is 92.6 Å². The summed E-state index contributed by atoms with van der Waals surface area (Å²) in [5.74, 6) is -0.333. The Hall–Kier alpha value is -4.30. The molecule has 0 saturated carbocycles. The van der Waals surface area contributed by atoms with E-state index in [4.69, 9.17) is 14.2 Å². The van der Waals surface area contributed by atoms with E-state index in [1.54, 1.807) is 18.2 Å². The number of benzene rings is 3. The Morgan fingerprint density at radius 2 is 1.70 bits per heavy atom. The van der Waals surface area contributed by atoms with E-state index in [2.05, 4.69) is 13.8 Å². The smallest absolute Gasteiger partial charge is 0.295 e. The molecule has 0 aliphatic carbocycles. The molecule has 0 spiro atoms. The number of nitrogens with one attached hydrogen (secondary N) is 1. The maximum Gasteiger partial charge on any atom is 0.295 e. The number of carbonyl (C=O) groups is 2. The van der Waals surface area contributed by atoms with Gasteiger partial charge >= 0.3 is 0 Å². The fraction of sp³-hybridized carbons (Fsp3) is 0.312. The van der Waals surface area contributed by atoms with Gasteiger partial charge in [-0.05, 0) is 54.8 Å². The number of amides is 1. The summed E-state index contributed by atoms with van der Waals surface area (Å²) in [6.45, 7) is 8.15. The van der Waals surface area contributed by atoms with Crippen LogP contribution < -0.4 is 24.2 Å². The third kappa shape index (κ3) is 5.67. The maximum atomic E-state index is 13.9. The molecule has 0 aromatic heterocycles. The molecule has 3 aromatic rings. The van der Waals surface area contributed by atoms with Crippen molar-refractivity contribution in [3.8, 4) is 17.2 Å². The molecule has 8 heteroatoms. The van der Waals surface area contributed by atoms with E-state index in [1.165, 1.54) is 9.80 Å². The summed E-state index contributed by atoms with van der Waals surface area (Å²) < 4.78 is 17.3. The molecule has 2 heterocycles. The Labute approximate surface area is 234 Å². The van der Waals surface area contributed by atoms with Crippen LogP contribution in [0.4, 0.5) is 0 Å². The predicted molar refractivity (Wildman–Crippen MR) is 148 cm³/mol. The number of rotatable bonds is 10. The minimum absolute atomic E-state index is 0.0589. The number of fused-ring (bicyclic) bond motifs is 1. The summed E-state index contributed by atoms with van der Waals surface area (Å²) in [6, 6.07) is 21.1. The Balaban J connectivity index is 1.53. The summed E-state index contributed by atoms with van der Waals surface area (Å²) in [7, 11) is 0. The fourth-order valence-corrected chi connectivity index (χ4v) is 5.18. The number of likely N-dealkylation sites (tertiary alicyclic amines) is 1. The number of hydrogen-bond acceptors (Lipinski definition) is 6. The molecule has 1 saturated heterocycles. The van der Waals surface area contributed by atoms with Crippen LogP contribution in [-0.4, -0.2) is 56.0 Å². The highest BCUT2D eigenvalue weighted by molar-refractivity contribution is 6.46. The lowest BCUT2D eigenvalue weighted by Gasteiger charge is -2.29. The highest BCUT2D eigenvalue weighted by atomic mass is 16.6. The molecule has 208 valence electrons. The number of carbonyl (C=O) groups excluding carboxylic acids is 2. The molecule has 8 nitrogen and oxygen atoms in total. The van der Waals surface area contributed by atoms with E-state index in [1.807, 2.05) is 54.6 Å². The molecule has 1 fully saturated rings. The van der Waals surface area contributed by atoms with Gasteiger partial charge in [-0.1, -0.05) is 54.3 Å². The van der Waals surface area contributed by atoms with Gasteiger partial charge in [0, 0.05) is 5.57 Å². The van der Waals surface area contributed by atoms with E-state index in [0.717, 1.165) is 18.7 Å². The Bertz CT molecular complexity index is 1400. The molecule has 2 aliphatic rings. The molecule has 0 bridgehead atoms. The normalized spacial score (nSPS) is 17.9. The van der Waals surface area contributed by atoms with Crippen LogP contribution in [0.25, 0.3) is 5.76 Å². The van der Waals surface area contributed by atoms with Gasteiger partial charge in [0.2, 0.25) is 5.78 Å². The zero-order valence-electron chi connectivity index (χ0n) is 22.9. The van der Waals surface area contributed by atoms with Crippen molar-refractivity contribution in [2.75, 3.05) is 39.4 Å². The lowest BCUT2D eigenvalue weighted by Crippen LogP contribution is -3.12. The van der Waals surface area contributed by atoms with Crippen LogP contribution in [0.5, 0.6) is 17.2 Å². The number of Topliss-reactive ketones (excluding diaryl/α,β-unsaturated/α-hetero) is 1. The molecule has 40 heavy (non-hydrogen) atoms. The van der Waals surface area contributed by atoms with Crippen molar-refractivity contribution in [3.63, 3.8) is 0 Å². The van der Waals surface area contributed by atoms with Crippen molar-refractivity contribution < 1.29 is 33.8 Å². The van der Waals surface area contributed by atoms with Crippen molar-refractivity contribution >= 4 is 17.4 Å². The van der Waals surface area contributed by atoms with Crippen LogP contribution >= 0.6 is 0 Å². The number of nitrogens with zero attached hydrogens (tertiary/aromatic N) is 1. The summed E-state index contributed by atoms with van der Waals surface area (Å²) in [5.41, 5.74) is 1.89. The first-order valence-electron chi connectivity index (χ1n) is 13.8. The first kappa shape index (κ1) is 27.3. The zero-order valence-corrected chi connectivity index (χ0v) is 22.9. The molecular weight excluding hydrogens is 508 g/mol. The van der Waals surface area contributed by atoms with Crippen LogP contribution in [0.15, 0.2) is 78.4 Å². The summed E-state index contributed by atoms with van der Waals surface area (Å²) >= 11 is 0. The lowest BCUT2D eigenvalue weighted by atomic mass is 9.95. The number of ether oxygens (including phenoxy) is 3. The van der Waals surface area contributed by atoms with E-state index in [9.17, 15) is 14.7 Å². The van der Waals surface area contributed by atoms with Gasteiger partial charge < -0.3 is 29.1 Å². The van der Waals surface area contributed by atoms with Gasteiger partial charge in [-0.25, -0.2) is 0 Å². The lowest BCUT2D eigenvalue weighted by molar-refractivity contribution is -0.895. The minimum atomic E-state index is -0.823. The van der Waals surface area contributed by atoms with Crippen molar-refractivity contribution in [1.82, 2.24) is 4.90 Å². The third-order valence-corrected chi connectivity index (χ3v) is 7.46. The fourth-order valence-electron chi connectivity index (χ4n) is 5.18. The summed E-state index contributed by atoms with van der Waals surface area (Å²) in [5, 5.41) is 13.9. The first-order valence-corrected chi connectivity index (χ1v) is 13.8. The Morgan fingerprint density at radius 3 is 2.45 bits per heavy atom. The summed E-state index contributed by atoms with van der Waals surface area (Å²) in [6.07, 6.45) is 0. The van der Waals surface area contributed by atoms with Gasteiger partial charge in [-0.2, -0.15) is 0 Å². The maximum absolute atomic E-state index is 13.9. The molecule has 1 atom stereocenters. The average molecular weight is 543 g/mol. The monoisotopic (exact) mass is 542 g/mol. The van der Waals surface area contributed by atoms with E-state index in [0.29, 0.717) is 55.7 Å². The van der Waals surface area contributed by atoms with Crippen LogP contribution in [0, 0.1) is 0 Å². The van der Waals surface area contributed by atoms with E-state index in [-0.39, 0.29) is 11.1 Å². The number of ketones is 1. The van der Waals surface area contributed by atoms with E-state index < -0.39 is 23.5 Å². The molecule has 1 amide bonds. The largest absolute Gasteiger partial charge is 0.872 e. The number of hydrogen-bond donors (Lipinski definition) is 1. The Kier molecular flexibility index (Phi) is 8.36. The quantitative estimate of drug-likeness (QED) is 0.240. The second-order valence-corrected chi connectivity index (χ2v) is 9.89. The average Bonchev–Trinajstić information content (AvgIpc) is 3.25. The van der Waals surface area contributed by atoms with Crippen molar-refractivity contribution in [1.29, 1.82) is 0 Å². The number of likely N-dealkylation sites (N-methyl/N-ethyl adjacent to an activating group) is 1. The first-order chi connectivity index (χ1) is 19.5. The van der Waals surface area contributed by atoms with Crippen LogP contribution in [0.2, 0.25) is 0 Å². The van der Waals surface area contributed by atoms with Gasteiger partial charge in [0.15, 0.2) is 11.5 Å². The van der Waals surface area contributed by atoms with Crippen molar-refractivity contribution in [2.24, 2.45) is 0 Å². The van der Waals surface area contributed by atoms with Gasteiger partial charge in [-0.3, -0.25) is 9.59 Å². The molecular formula is C32H34N2O6. The molecule has 5 rings (SSSR count). The minimum Gasteiger partial charge on any atom is -0.872 e.